The molecule has 1 aromatic heterocycles. The first kappa shape index (κ1) is 23.0. The molecule has 7 nitrogen and oxygen atoms in total. The lowest BCUT2D eigenvalue weighted by molar-refractivity contribution is -0.117. The second-order valence-corrected chi connectivity index (χ2v) is 8.32. The Labute approximate surface area is 199 Å². The molecule has 1 aliphatic rings. The van der Waals surface area contributed by atoms with Gasteiger partial charge in [0.05, 0.1) is 12.6 Å². The van der Waals surface area contributed by atoms with Crippen LogP contribution < -0.4 is 21.7 Å². The summed E-state index contributed by atoms with van der Waals surface area (Å²) in [6.45, 7) is 3.98. The zero-order chi connectivity index (χ0) is 24.2. The fourth-order valence-electron chi connectivity index (χ4n) is 4.37. The quantitative estimate of drug-likeness (QED) is 0.524. The Hall–Kier alpha value is -4.15. The van der Waals surface area contributed by atoms with E-state index >= 15 is 0 Å². The summed E-state index contributed by atoms with van der Waals surface area (Å²) in [6, 6.07) is 17.4. The smallest absolute Gasteiger partial charge is 0.267 e. The first-order valence-corrected chi connectivity index (χ1v) is 11.1. The Kier molecular flexibility index (Phi) is 6.62. The summed E-state index contributed by atoms with van der Waals surface area (Å²) in [5.74, 6) is 5.34. The molecule has 0 saturated heterocycles. The molecule has 0 radical (unpaired) electrons. The molecule has 2 amide bonds. The Morgan fingerprint density at radius 1 is 1.12 bits per heavy atom. The van der Waals surface area contributed by atoms with Crippen molar-refractivity contribution in [2.24, 2.45) is 11.5 Å². The van der Waals surface area contributed by atoms with Gasteiger partial charge in [-0.2, -0.15) is 0 Å². The molecule has 172 valence electrons. The van der Waals surface area contributed by atoms with E-state index in [9.17, 15) is 9.59 Å². The average molecular weight is 454 g/mol. The molecule has 0 aliphatic carbocycles. The Morgan fingerprint density at radius 3 is 2.47 bits per heavy atom. The molecule has 1 aliphatic heterocycles. The molecule has 0 unspecified atom stereocenters. The third-order valence-corrected chi connectivity index (χ3v) is 5.93. The number of rotatable bonds is 4. The van der Waals surface area contributed by atoms with Crippen molar-refractivity contribution in [3.8, 4) is 23.0 Å². The van der Waals surface area contributed by atoms with Gasteiger partial charge in [0.2, 0.25) is 5.91 Å². The topological polar surface area (TPSA) is 114 Å². The molecule has 34 heavy (non-hydrogen) atoms. The summed E-state index contributed by atoms with van der Waals surface area (Å²) < 4.78 is 0. The second kappa shape index (κ2) is 9.77. The normalized spacial score (nSPS) is 16.7. The summed E-state index contributed by atoms with van der Waals surface area (Å²) in [5.41, 5.74) is 16.6. The molecule has 2 heterocycles. The Balaban J connectivity index is 1.70. The van der Waals surface area contributed by atoms with Gasteiger partial charge in [0.25, 0.3) is 5.91 Å². The van der Waals surface area contributed by atoms with Crippen LogP contribution in [0.2, 0.25) is 0 Å². The standard InChI is InChI=1S/C27H27N5O2/c1-17-14-25(31-22-9-5-19(6-10-22)4-3-13-28)23-15-20(8-12-26(23)32(17)18(2)33)21-7-11-24(27(29)34)30-16-21/h5-12,15-17,25,31H,13-14,28H2,1-2H3,(H2,29,34)/t17-,25+/m0/s1. The van der Waals surface area contributed by atoms with Crippen LogP contribution >= 0.6 is 0 Å². The van der Waals surface area contributed by atoms with Gasteiger partial charge in [-0.3, -0.25) is 14.6 Å². The minimum Gasteiger partial charge on any atom is -0.378 e. The SMILES string of the molecule is CC(=O)N1c2ccc(-c3ccc(C(N)=O)nc3)cc2[C@H](Nc2ccc(C#CCN)cc2)C[C@@H]1C. The number of fused-ring (bicyclic) bond motifs is 1. The number of nitrogens with one attached hydrogen (secondary N) is 1. The summed E-state index contributed by atoms with van der Waals surface area (Å²) in [6.07, 6.45) is 2.39. The summed E-state index contributed by atoms with van der Waals surface area (Å²) in [7, 11) is 0. The third kappa shape index (κ3) is 4.77. The van der Waals surface area contributed by atoms with Gasteiger partial charge in [0.15, 0.2) is 0 Å². The predicted molar refractivity (Wildman–Crippen MR) is 134 cm³/mol. The lowest BCUT2D eigenvalue weighted by Crippen LogP contribution is -2.43. The molecule has 2 aromatic carbocycles. The van der Waals surface area contributed by atoms with Crippen LogP contribution in [0.15, 0.2) is 60.8 Å². The van der Waals surface area contributed by atoms with Gasteiger partial charge in [-0.05, 0) is 66.9 Å². The van der Waals surface area contributed by atoms with Crippen LogP contribution in [-0.4, -0.2) is 29.4 Å². The highest BCUT2D eigenvalue weighted by Gasteiger charge is 2.32. The van der Waals surface area contributed by atoms with E-state index in [0.717, 1.165) is 40.0 Å². The highest BCUT2D eigenvalue weighted by Crippen LogP contribution is 2.41. The molecule has 4 rings (SSSR count). The van der Waals surface area contributed by atoms with Gasteiger partial charge >= 0.3 is 0 Å². The molecular formula is C27H27N5O2. The molecule has 2 atom stereocenters. The average Bonchev–Trinajstić information content (AvgIpc) is 2.83. The van der Waals surface area contributed by atoms with Gasteiger partial charge in [0.1, 0.15) is 5.69 Å². The number of hydrogen-bond donors (Lipinski definition) is 3. The van der Waals surface area contributed by atoms with Crippen LogP contribution in [0.25, 0.3) is 11.1 Å². The fourth-order valence-corrected chi connectivity index (χ4v) is 4.37. The Morgan fingerprint density at radius 2 is 1.85 bits per heavy atom. The maximum Gasteiger partial charge on any atom is 0.267 e. The van der Waals surface area contributed by atoms with Crippen molar-refractivity contribution in [2.45, 2.75) is 32.4 Å². The van der Waals surface area contributed by atoms with E-state index in [-0.39, 0.29) is 23.7 Å². The maximum absolute atomic E-state index is 12.4. The van der Waals surface area contributed by atoms with Gasteiger partial charge in [-0.25, -0.2) is 0 Å². The van der Waals surface area contributed by atoms with E-state index in [1.807, 2.05) is 47.4 Å². The van der Waals surface area contributed by atoms with Crippen molar-refractivity contribution in [3.63, 3.8) is 0 Å². The highest BCUT2D eigenvalue weighted by molar-refractivity contribution is 5.94. The number of primary amides is 1. The number of nitrogens with zero attached hydrogens (tertiary/aromatic N) is 2. The lowest BCUT2D eigenvalue weighted by atomic mass is 9.89. The molecule has 3 aromatic rings. The van der Waals surface area contributed by atoms with E-state index < -0.39 is 5.91 Å². The largest absolute Gasteiger partial charge is 0.378 e. The molecular weight excluding hydrogens is 426 g/mol. The second-order valence-electron chi connectivity index (χ2n) is 8.32. The molecule has 7 heteroatoms. The van der Waals surface area contributed by atoms with E-state index in [1.165, 1.54) is 0 Å². The van der Waals surface area contributed by atoms with Crippen LogP contribution in [0, 0.1) is 11.8 Å². The summed E-state index contributed by atoms with van der Waals surface area (Å²) in [5, 5.41) is 3.63. The van der Waals surface area contributed by atoms with Crippen LogP contribution in [0.4, 0.5) is 11.4 Å². The molecule has 0 bridgehead atoms. The van der Waals surface area contributed by atoms with Crippen molar-refractivity contribution in [3.05, 3.63) is 77.6 Å². The number of benzene rings is 2. The van der Waals surface area contributed by atoms with Gasteiger partial charge in [0, 0.05) is 41.7 Å². The molecule has 0 fully saturated rings. The van der Waals surface area contributed by atoms with Crippen LogP contribution in [0.5, 0.6) is 0 Å². The number of aromatic nitrogens is 1. The zero-order valence-corrected chi connectivity index (χ0v) is 19.2. The fraction of sp³-hybridized carbons (Fsp3) is 0.222. The molecule has 0 spiro atoms. The molecule has 0 saturated carbocycles. The summed E-state index contributed by atoms with van der Waals surface area (Å²) >= 11 is 0. The lowest BCUT2D eigenvalue weighted by Gasteiger charge is -2.39. The molecule has 5 N–H and O–H groups in total. The maximum atomic E-state index is 12.4. The summed E-state index contributed by atoms with van der Waals surface area (Å²) in [4.78, 5) is 29.8. The van der Waals surface area contributed by atoms with Crippen molar-refractivity contribution in [1.29, 1.82) is 0 Å². The van der Waals surface area contributed by atoms with Crippen LogP contribution in [0.1, 0.15) is 47.9 Å². The number of nitrogens with two attached hydrogens (primary N) is 2. The number of amides is 2. The van der Waals surface area contributed by atoms with E-state index in [2.05, 4.69) is 35.1 Å². The van der Waals surface area contributed by atoms with Crippen molar-refractivity contribution in [1.82, 2.24) is 4.98 Å². The zero-order valence-electron chi connectivity index (χ0n) is 19.2. The van der Waals surface area contributed by atoms with Gasteiger partial charge in [-0.1, -0.05) is 24.0 Å². The van der Waals surface area contributed by atoms with E-state index in [0.29, 0.717) is 6.54 Å². The van der Waals surface area contributed by atoms with E-state index in [4.69, 9.17) is 11.5 Å². The first-order chi connectivity index (χ1) is 16.4. The predicted octanol–water partition coefficient (Wildman–Crippen LogP) is 3.46. The van der Waals surface area contributed by atoms with Crippen molar-refractivity contribution in [2.75, 3.05) is 16.8 Å². The minimum atomic E-state index is -0.563. The van der Waals surface area contributed by atoms with Crippen molar-refractivity contribution >= 4 is 23.2 Å². The monoisotopic (exact) mass is 453 g/mol. The van der Waals surface area contributed by atoms with Crippen LogP contribution in [0.3, 0.4) is 0 Å². The van der Waals surface area contributed by atoms with Crippen LogP contribution in [-0.2, 0) is 4.79 Å². The number of anilines is 2. The number of carbonyl (C=O) groups is 2. The van der Waals surface area contributed by atoms with E-state index in [1.54, 1.807) is 19.2 Å². The number of hydrogen-bond acceptors (Lipinski definition) is 5. The van der Waals surface area contributed by atoms with Gasteiger partial charge in [-0.15, -0.1) is 0 Å². The first-order valence-electron chi connectivity index (χ1n) is 11.1. The minimum absolute atomic E-state index is 0.000576. The number of carbonyl (C=O) groups excluding carboxylic acids is 2. The van der Waals surface area contributed by atoms with Gasteiger partial charge < -0.3 is 21.7 Å². The highest BCUT2D eigenvalue weighted by atomic mass is 16.2. The third-order valence-electron chi connectivity index (χ3n) is 5.93. The Bertz CT molecular complexity index is 1270. The number of pyridine rings is 1. The van der Waals surface area contributed by atoms with Crippen molar-refractivity contribution < 1.29 is 9.59 Å².